The van der Waals surface area contributed by atoms with Gasteiger partial charge in [-0.1, -0.05) is 18.2 Å². The summed E-state index contributed by atoms with van der Waals surface area (Å²) in [5.74, 6) is -0.686. The maximum absolute atomic E-state index is 12.6. The van der Waals surface area contributed by atoms with Gasteiger partial charge in [0.05, 0.1) is 0 Å². The minimum absolute atomic E-state index is 0.0891. The summed E-state index contributed by atoms with van der Waals surface area (Å²) in [5.41, 5.74) is 0.446. The van der Waals surface area contributed by atoms with Crippen LogP contribution in [0.2, 0.25) is 0 Å². The summed E-state index contributed by atoms with van der Waals surface area (Å²) in [4.78, 5) is 28.7. The van der Waals surface area contributed by atoms with Crippen LogP contribution in [-0.4, -0.2) is 23.3 Å². The van der Waals surface area contributed by atoms with Gasteiger partial charge in [0.15, 0.2) is 0 Å². The maximum atomic E-state index is 12.6. The zero-order valence-electron chi connectivity index (χ0n) is 14.2. The molecule has 0 radical (unpaired) electrons. The van der Waals surface area contributed by atoms with Crippen LogP contribution < -0.4 is 10.2 Å². The molecule has 1 aromatic heterocycles. The molecule has 1 aromatic carbocycles. The van der Waals surface area contributed by atoms with E-state index in [9.17, 15) is 22.8 Å². The van der Waals surface area contributed by atoms with Gasteiger partial charge < -0.3 is 10.2 Å². The summed E-state index contributed by atoms with van der Waals surface area (Å²) < 4.78 is 37.9. The Morgan fingerprint density at radius 1 is 1.15 bits per heavy atom. The number of amides is 2. The fourth-order valence-corrected chi connectivity index (χ4v) is 2.69. The van der Waals surface area contributed by atoms with Crippen molar-refractivity contribution in [1.82, 2.24) is 4.98 Å². The van der Waals surface area contributed by atoms with Crippen LogP contribution in [0.1, 0.15) is 24.1 Å². The molecule has 1 aliphatic rings. The highest BCUT2D eigenvalue weighted by Crippen LogP contribution is 2.28. The number of halogens is 3. The van der Waals surface area contributed by atoms with Gasteiger partial charge in [-0.05, 0) is 42.3 Å². The molecule has 8 heteroatoms. The van der Waals surface area contributed by atoms with Crippen LogP contribution in [0, 0.1) is 0 Å². The lowest BCUT2D eigenvalue weighted by Gasteiger charge is -2.15. The van der Waals surface area contributed by atoms with Crippen molar-refractivity contribution in [2.75, 3.05) is 16.8 Å². The molecule has 2 heterocycles. The van der Waals surface area contributed by atoms with Gasteiger partial charge in [-0.2, -0.15) is 13.2 Å². The van der Waals surface area contributed by atoms with Gasteiger partial charge in [0.1, 0.15) is 11.5 Å². The summed E-state index contributed by atoms with van der Waals surface area (Å²) in [6.45, 7) is 0.695. The Morgan fingerprint density at radius 3 is 2.52 bits per heavy atom. The van der Waals surface area contributed by atoms with Crippen LogP contribution in [0.25, 0.3) is 6.08 Å². The molecule has 0 saturated carbocycles. The minimum atomic E-state index is -4.57. The fourth-order valence-electron chi connectivity index (χ4n) is 2.69. The number of nitrogens with one attached hydrogen (secondary N) is 1. The Kier molecular flexibility index (Phi) is 5.25. The predicted octanol–water partition coefficient (Wildman–Crippen LogP) is 3.88. The first-order valence-corrected chi connectivity index (χ1v) is 8.27. The third-order valence-corrected chi connectivity index (χ3v) is 4.00. The molecule has 1 fully saturated rings. The van der Waals surface area contributed by atoms with E-state index in [4.69, 9.17) is 0 Å². The van der Waals surface area contributed by atoms with Crippen LogP contribution in [0.15, 0.2) is 48.5 Å². The van der Waals surface area contributed by atoms with Crippen LogP contribution >= 0.6 is 0 Å². The number of alkyl halides is 3. The molecule has 0 aliphatic carbocycles. The number of benzene rings is 1. The molecule has 1 N–H and O–H groups in total. The molecular formula is C19H16F3N3O2. The summed E-state index contributed by atoms with van der Waals surface area (Å²) in [6, 6.07) is 10.4. The molecular weight excluding hydrogens is 359 g/mol. The SMILES string of the molecule is O=C(C=Cc1ccc(N2CCCC2=O)cc1)Nc1cccc(C(F)(F)F)n1. The topological polar surface area (TPSA) is 62.3 Å². The van der Waals surface area contributed by atoms with Crippen LogP contribution in [0.3, 0.4) is 0 Å². The van der Waals surface area contributed by atoms with Gasteiger partial charge in [0.2, 0.25) is 11.8 Å². The smallest absolute Gasteiger partial charge is 0.312 e. The van der Waals surface area contributed by atoms with Crippen molar-refractivity contribution >= 4 is 29.4 Å². The van der Waals surface area contributed by atoms with E-state index in [0.717, 1.165) is 23.7 Å². The molecule has 140 valence electrons. The van der Waals surface area contributed by atoms with Gasteiger partial charge in [-0.3, -0.25) is 9.59 Å². The number of rotatable bonds is 4. The molecule has 0 atom stereocenters. The Bertz CT molecular complexity index is 877. The summed E-state index contributed by atoms with van der Waals surface area (Å²) in [5, 5.41) is 2.30. The first-order chi connectivity index (χ1) is 12.8. The van der Waals surface area contributed by atoms with Gasteiger partial charge >= 0.3 is 6.18 Å². The summed E-state index contributed by atoms with van der Waals surface area (Å²) in [6.07, 6.45) is -0.457. The highest BCUT2D eigenvalue weighted by Gasteiger charge is 2.32. The summed E-state index contributed by atoms with van der Waals surface area (Å²) >= 11 is 0. The molecule has 3 rings (SSSR count). The van der Waals surface area contributed by atoms with Crippen molar-refractivity contribution in [3.05, 3.63) is 59.8 Å². The van der Waals surface area contributed by atoms with Crippen molar-refractivity contribution in [2.45, 2.75) is 19.0 Å². The highest BCUT2D eigenvalue weighted by molar-refractivity contribution is 6.01. The van der Waals surface area contributed by atoms with E-state index < -0.39 is 17.8 Å². The normalized spacial score (nSPS) is 14.8. The number of anilines is 2. The van der Waals surface area contributed by atoms with Crippen molar-refractivity contribution < 1.29 is 22.8 Å². The van der Waals surface area contributed by atoms with E-state index in [1.165, 1.54) is 24.3 Å². The van der Waals surface area contributed by atoms with E-state index in [-0.39, 0.29) is 11.7 Å². The van der Waals surface area contributed by atoms with Crippen molar-refractivity contribution in [3.8, 4) is 0 Å². The fraction of sp³-hybridized carbons (Fsp3) is 0.211. The molecule has 2 amide bonds. The predicted molar refractivity (Wildman–Crippen MR) is 94.9 cm³/mol. The molecule has 1 aliphatic heterocycles. The molecule has 1 saturated heterocycles. The monoisotopic (exact) mass is 375 g/mol. The number of nitrogens with zero attached hydrogens (tertiary/aromatic N) is 2. The lowest BCUT2D eigenvalue weighted by Crippen LogP contribution is -2.23. The van der Waals surface area contributed by atoms with E-state index in [1.54, 1.807) is 29.2 Å². The van der Waals surface area contributed by atoms with Crippen LogP contribution in [-0.2, 0) is 15.8 Å². The Hall–Kier alpha value is -3.16. The second-order valence-electron chi connectivity index (χ2n) is 5.97. The average Bonchev–Trinajstić information content (AvgIpc) is 3.06. The number of aromatic nitrogens is 1. The molecule has 27 heavy (non-hydrogen) atoms. The summed E-state index contributed by atoms with van der Waals surface area (Å²) in [7, 11) is 0. The van der Waals surface area contributed by atoms with Crippen molar-refractivity contribution in [3.63, 3.8) is 0 Å². The van der Waals surface area contributed by atoms with E-state index in [1.807, 2.05) is 0 Å². The van der Waals surface area contributed by atoms with Crippen LogP contribution in [0.5, 0.6) is 0 Å². The Labute approximate surface area is 153 Å². The largest absolute Gasteiger partial charge is 0.433 e. The number of hydrogen-bond donors (Lipinski definition) is 1. The van der Waals surface area contributed by atoms with Crippen LogP contribution in [0.4, 0.5) is 24.7 Å². The van der Waals surface area contributed by atoms with Gasteiger partial charge in [-0.15, -0.1) is 0 Å². The standard InChI is InChI=1S/C19H16F3N3O2/c20-19(21,22)15-3-1-4-16(23-15)24-17(26)11-8-13-6-9-14(10-7-13)25-12-2-5-18(25)27/h1,3-4,6-11H,2,5,12H2,(H,23,24,26). The third-order valence-electron chi connectivity index (χ3n) is 4.00. The molecule has 0 spiro atoms. The van der Waals surface area contributed by atoms with Gasteiger partial charge in [0.25, 0.3) is 0 Å². The number of pyridine rings is 1. The minimum Gasteiger partial charge on any atom is -0.312 e. The van der Waals surface area contributed by atoms with E-state index in [2.05, 4.69) is 10.3 Å². The lowest BCUT2D eigenvalue weighted by molar-refractivity contribution is -0.141. The lowest BCUT2D eigenvalue weighted by atomic mass is 10.2. The Balaban J connectivity index is 1.62. The van der Waals surface area contributed by atoms with Crippen molar-refractivity contribution in [2.24, 2.45) is 0 Å². The number of carbonyl (C=O) groups excluding carboxylic acids is 2. The van der Waals surface area contributed by atoms with Gasteiger partial charge in [-0.25, -0.2) is 4.98 Å². The third kappa shape index (κ3) is 4.72. The number of carbonyl (C=O) groups is 2. The van der Waals surface area contributed by atoms with E-state index in [0.29, 0.717) is 13.0 Å². The average molecular weight is 375 g/mol. The molecule has 0 unspecified atom stereocenters. The quantitative estimate of drug-likeness (QED) is 0.825. The van der Waals surface area contributed by atoms with Gasteiger partial charge in [0, 0.05) is 24.7 Å². The first kappa shape index (κ1) is 18.6. The molecule has 0 bridgehead atoms. The molecule has 2 aromatic rings. The first-order valence-electron chi connectivity index (χ1n) is 8.27. The zero-order chi connectivity index (χ0) is 19.4. The van der Waals surface area contributed by atoms with E-state index >= 15 is 0 Å². The van der Waals surface area contributed by atoms with Crippen molar-refractivity contribution in [1.29, 1.82) is 0 Å². The molecule has 5 nitrogen and oxygen atoms in total. The second-order valence-corrected chi connectivity index (χ2v) is 5.97. The Morgan fingerprint density at radius 2 is 1.89 bits per heavy atom. The highest BCUT2D eigenvalue weighted by atomic mass is 19.4. The second kappa shape index (κ2) is 7.61. The zero-order valence-corrected chi connectivity index (χ0v) is 14.2. The number of hydrogen-bond acceptors (Lipinski definition) is 3. The maximum Gasteiger partial charge on any atom is 0.433 e.